The van der Waals surface area contributed by atoms with E-state index in [0.29, 0.717) is 5.25 Å². The zero-order chi connectivity index (χ0) is 9.02. The van der Waals surface area contributed by atoms with Gasteiger partial charge in [-0.25, -0.2) is 0 Å². The maximum absolute atomic E-state index is 10.7. The Morgan fingerprint density at radius 2 is 1.73 bits per heavy atom. The summed E-state index contributed by atoms with van der Waals surface area (Å²) in [4.78, 5) is 10.7. The van der Waals surface area contributed by atoms with E-state index in [4.69, 9.17) is 5.11 Å². The third-order valence-corrected chi connectivity index (χ3v) is 2.85. The number of carboxylic acid groups (broad SMARTS) is 1. The van der Waals surface area contributed by atoms with E-state index >= 15 is 0 Å². The molecule has 0 rings (SSSR count). The first-order chi connectivity index (χ1) is 4.95. The highest BCUT2D eigenvalue weighted by atomic mass is 32.2. The number of hydrogen-bond acceptors (Lipinski definition) is 2. The lowest BCUT2D eigenvalue weighted by molar-refractivity contribution is -0.137. The van der Waals surface area contributed by atoms with E-state index < -0.39 is 5.97 Å². The van der Waals surface area contributed by atoms with Crippen molar-refractivity contribution in [1.29, 1.82) is 0 Å². The minimum atomic E-state index is -0.696. The lowest BCUT2D eigenvalue weighted by atomic mass is 10.1. The van der Waals surface area contributed by atoms with Crippen LogP contribution in [0.5, 0.6) is 0 Å². The second-order valence-electron chi connectivity index (χ2n) is 3.19. The number of carboxylic acids is 1. The summed E-state index contributed by atoms with van der Waals surface area (Å²) in [5, 5.41) is 8.90. The molecule has 1 unspecified atom stereocenters. The van der Waals surface area contributed by atoms with Crippen molar-refractivity contribution in [2.75, 3.05) is 0 Å². The van der Waals surface area contributed by atoms with Crippen LogP contribution in [0, 0.1) is 5.92 Å². The highest BCUT2D eigenvalue weighted by Gasteiger charge is 2.22. The van der Waals surface area contributed by atoms with Gasteiger partial charge in [0.1, 0.15) is 5.25 Å². The highest BCUT2D eigenvalue weighted by molar-refractivity contribution is 8.01. The Balaban J connectivity index is 4.01. The molecule has 66 valence electrons. The van der Waals surface area contributed by atoms with E-state index in [0.717, 1.165) is 0 Å². The molecule has 3 heteroatoms. The Morgan fingerprint density at radius 1 is 1.27 bits per heavy atom. The van der Waals surface area contributed by atoms with Gasteiger partial charge >= 0.3 is 5.97 Å². The number of aliphatic carboxylic acids is 1. The molecule has 0 aliphatic heterocycles. The molecule has 0 bridgehead atoms. The first-order valence-corrected chi connectivity index (χ1v) is 4.77. The fourth-order valence-electron chi connectivity index (χ4n) is 0.794. The van der Waals surface area contributed by atoms with Crippen molar-refractivity contribution >= 4 is 17.7 Å². The van der Waals surface area contributed by atoms with E-state index in [1.54, 1.807) is 0 Å². The van der Waals surface area contributed by atoms with Gasteiger partial charge < -0.3 is 5.11 Å². The molecule has 0 heterocycles. The van der Waals surface area contributed by atoms with Crippen LogP contribution in [0.1, 0.15) is 27.7 Å². The molecule has 0 aromatic rings. The predicted molar refractivity (Wildman–Crippen MR) is 49.0 cm³/mol. The molecule has 0 aromatic heterocycles. The molecule has 1 N–H and O–H groups in total. The minimum absolute atomic E-state index is 0.208. The lowest BCUT2D eigenvalue weighted by Gasteiger charge is -2.17. The molecule has 0 saturated heterocycles. The van der Waals surface area contributed by atoms with Crippen LogP contribution in [-0.2, 0) is 4.79 Å². The normalized spacial score (nSPS) is 14.0. The summed E-state index contributed by atoms with van der Waals surface area (Å²) < 4.78 is 0. The van der Waals surface area contributed by atoms with Crippen LogP contribution in [0.3, 0.4) is 0 Å². The largest absolute Gasteiger partial charge is 0.480 e. The van der Waals surface area contributed by atoms with Gasteiger partial charge in [0, 0.05) is 0 Å². The summed E-state index contributed by atoms with van der Waals surface area (Å²) >= 11 is 1.52. The van der Waals surface area contributed by atoms with Crippen LogP contribution in [0.15, 0.2) is 0 Å². The Kier molecular flexibility index (Phi) is 4.57. The summed E-state index contributed by atoms with van der Waals surface area (Å²) in [5.74, 6) is -0.487. The minimum Gasteiger partial charge on any atom is -0.480 e. The van der Waals surface area contributed by atoms with Crippen LogP contribution >= 0.6 is 11.8 Å². The zero-order valence-electron chi connectivity index (χ0n) is 7.50. The molecule has 11 heavy (non-hydrogen) atoms. The Morgan fingerprint density at radius 3 is 1.82 bits per heavy atom. The second kappa shape index (κ2) is 4.65. The topological polar surface area (TPSA) is 37.3 Å². The average Bonchev–Trinajstić information content (AvgIpc) is 1.81. The van der Waals surface area contributed by atoms with E-state index in [2.05, 4.69) is 0 Å². The number of hydrogen-bond donors (Lipinski definition) is 1. The smallest absolute Gasteiger partial charge is 0.316 e. The molecular weight excluding hydrogens is 160 g/mol. The number of rotatable bonds is 4. The van der Waals surface area contributed by atoms with E-state index in [-0.39, 0.29) is 11.2 Å². The molecular formula is C8H16O2S. The van der Waals surface area contributed by atoms with Gasteiger partial charge in [0.25, 0.3) is 0 Å². The van der Waals surface area contributed by atoms with Crippen molar-refractivity contribution in [2.24, 2.45) is 5.92 Å². The van der Waals surface area contributed by atoms with Gasteiger partial charge in [-0.2, -0.15) is 0 Å². The first kappa shape index (κ1) is 10.8. The van der Waals surface area contributed by atoms with Crippen molar-refractivity contribution in [2.45, 2.75) is 38.2 Å². The fourth-order valence-corrected chi connectivity index (χ4v) is 1.81. The number of carbonyl (C=O) groups is 1. The summed E-state index contributed by atoms with van der Waals surface area (Å²) in [6.45, 7) is 7.91. The molecule has 2 nitrogen and oxygen atoms in total. The quantitative estimate of drug-likeness (QED) is 0.713. The van der Waals surface area contributed by atoms with E-state index in [1.165, 1.54) is 11.8 Å². The molecule has 0 aliphatic carbocycles. The SMILES string of the molecule is CC(C)SC(C(=O)O)C(C)C. The maximum Gasteiger partial charge on any atom is 0.316 e. The van der Waals surface area contributed by atoms with Crippen LogP contribution in [0.4, 0.5) is 0 Å². The van der Waals surface area contributed by atoms with Crippen molar-refractivity contribution in [1.82, 2.24) is 0 Å². The molecule has 0 radical (unpaired) electrons. The Labute approximate surface area is 72.4 Å². The van der Waals surface area contributed by atoms with E-state index in [9.17, 15) is 4.79 Å². The van der Waals surface area contributed by atoms with Crippen LogP contribution in [0.2, 0.25) is 0 Å². The van der Waals surface area contributed by atoms with Gasteiger partial charge in [-0.05, 0) is 11.2 Å². The van der Waals surface area contributed by atoms with E-state index in [1.807, 2.05) is 27.7 Å². The lowest BCUT2D eigenvalue weighted by Crippen LogP contribution is -2.24. The van der Waals surface area contributed by atoms with Crippen molar-refractivity contribution in [3.63, 3.8) is 0 Å². The zero-order valence-corrected chi connectivity index (χ0v) is 8.31. The molecule has 0 saturated carbocycles. The van der Waals surface area contributed by atoms with Gasteiger partial charge in [-0.15, -0.1) is 11.8 Å². The highest BCUT2D eigenvalue weighted by Crippen LogP contribution is 2.23. The van der Waals surface area contributed by atoms with Crippen molar-refractivity contribution in [3.8, 4) is 0 Å². The molecule has 0 fully saturated rings. The Hall–Kier alpha value is -0.180. The van der Waals surface area contributed by atoms with Crippen LogP contribution in [0.25, 0.3) is 0 Å². The fraction of sp³-hybridized carbons (Fsp3) is 0.875. The average molecular weight is 176 g/mol. The second-order valence-corrected chi connectivity index (χ2v) is 4.91. The van der Waals surface area contributed by atoms with Gasteiger partial charge in [-0.1, -0.05) is 27.7 Å². The van der Waals surface area contributed by atoms with Crippen LogP contribution in [-0.4, -0.2) is 21.6 Å². The van der Waals surface area contributed by atoms with Crippen molar-refractivity contribution in [3.05, 3.63) is 0 Å². The number of thioether (sulfide) groups is 1. The summed E-state index contributed by atoms with van der Waals surface area (Å²) in [6.07, 6.45) is 0. The molecule has 0 aliphatic rings. The molecule has 0 spiro atoms. The van der Waals surface area contributed by atoms with Gasteiger partial charge in [0.15, 0.2) is 0 Å². The van der Waals surface area contributed by atoms with Gasteiger partial charge in [-0.3, -0.25) is 4.79 Å². The predicted octanol–water partition coefficient (Wildman–Crippen LogP) is 2.24. The first-order valence-electron chi connectivity index (χ1n) is 3.83. The third kappa shape index (κ3) is 4.30. The molecule has 1 atom stereocenters. The maximum atomic E-state index is 10.7. The van der Waals surface area contributed by atoms with Crippen molar-refractivity contribution < 1.29 is 9.90 Å². The third-order valence-electron chi connectivity index (χ3n) is 1.27. The van der Waals surface area contributed by atoms with Crippen LogP contribution < -0.4 is 0 Å². The summed E-state index contributed by atoms with van der Waals surface area (Å²) in [6, 6.07) is 0. The monoisotopic (exact) mass is 176 g/mol. The molecule has 0 aromatic carbocycles. The van der Waals surface area contributed by atoms with Gasteiger partial charge in [0.2, 0.25) is 0 Å². The summed E-state index contributed by atoms with van der Waals surface area (Å²) in [7, 11) is 0. The summed E-state index contributed by atoms with van der Waals surface area (Å²) in [5.41, 5.74) is 0. The Bertz CT molecular complexity index is 132. The van der Waals surface area contributed by atoms with Gasteiger partial charge in [0.05, 0.1) is 0 Å². The standard InChI is InChI=1S/C8H16O2S/c1-5(2)7(8(9)10)11-6(3)4/h5-7H,1-4H3,(H,9,10). The molecule has 0 amide bonds.